The highest BCUT2D eigenvalue weighted by molar-refractivity contribution is 7.90. The van der Waals surface area contributed by atoms with E-state index >= 15 is 0 Å². The van der Waals surface area contributed by atoms with Crippen LogP contribution in [0, 0.1) is 5.82 Å². The van der Waals surface area contributed by atoms with E-state index in [2.05, 4.69) is 15.0 Å². The maximum atomic E-state index is 14.9. The number of nitrogens with zero attached hydrogens (tertiary/aromatic N) is 4. The zero-order chi connectivity index (χ0) is 22.4. The van der Waals surface area contributed by atoms with Crippen LogP contribution in [0.4, 0.5) is 4.39 Å². The Morgan fingerprint density at radius 3 is 2.84 bits per heavy atom. The van der Waals surface area contributed by atoms with Crippen LogP contribution in [0.5, 0.6) is 5.88 Å². The van der Waals surface area contributed by atoms with Crippen molar-refractivity contribution in [2.75, 3.05) is 27.4 Å². The van der Waals surface area contributed by atoms with E-state index in [9.17, 15) is 17.6 Å². The highest BCUT2D eigenvalue weighted by Crippen LogP contribution is 2.43. The van der Waals surface area contributed by atoms with Crippen LogP contribution in [0.1, 0.15) is 21.6 Å². The van der Waals surface area contributed by atoms with Crippen LogP contribution in [0.2, 0.25) is 0 Å². The van der Waals surface area contributed by atoms with Crippen molar-refractivity contribution in [3.63, 3.8) is 0 Å². The van der Waals surface area contributed by atoms with Crippen molar-refractivity contribution in [3.05, 3.63) is 53.2 Å². The van der Waals surface area contributed by atoms with Gasteiger partial charge in [-0.25, -0.2) is 32.1 Å². The second-order valence-corrected chi connectivity index (χ2v) is 9.42. The molecule has 1 aromatic heterocycles. The number of hydrogen-bond acceptors (Lipinski definition) is 9. The minimum Gasteiger partial charge on any atom is -0.480 e. The Labute approximate surface area is 178 Å². The largest absolute Gasteiger partial charge is 0.480 e. The fourth-order valence-corrected chi connectivity index (χ4v) is 5.44. The van der Waals surface area contributed by atoms with Crippen molar-refractivity contribution < 1.29 is 27.1 Å². The molecule has 1 fully saturated rings. The minimum absolute atomic E-state index is 0.0146. The number of ketones is 1. The van der Waals surface area contributed by atoms with E-state index in [1.807, 2.05) is 0 Å². The number of fused-ring (bicyclic) bond motifs is 1. The average molecular weight is 449 g/mol. The van der Waals surface area contributed by atoms with Gasteiger partial charge in [0.1, 0.15) is 22.3 Å². The third-order valence-electron chi connectivity index (χ3n) is 5.49. The first-order valence-corrected chi connectivity index (χ1v) is 10.8. The van der Waals surface area contributed by atoms with Crippen LogP contribution < -0.4 is 10.5 Å². The molecule has 0 saturated carbocycles. The summed E-state index contributed by atoms with van der Waals surface area (Å²) in [5, 5.41) is -1.13. The zero-order valence-electron chi connectivity index (χ0n) is 16.8. The smallest absolute Gasteiger partial charge is 0.245 e. The Kier molecular flexibility index (Phi) is 5.13. The third kappa shape index (κ3) is 3.41. The molecule has 31 heavy (non-hydrogen) atoms. The Balaban J connectivity index is 1.72. The second kappa shape index (κ2) is 7.54. The second-order valence-electron chi connectivity index (χ2n) is 7.27. The maximum absolute atomic E-state index is 14.9. The average Bonchev–Trinajstić information content (AvgIpc) is 3.19. The van der Waals surface area contributed by atoms with E-state index in [1.54, 1.807) is 0 Å². The molecule has 0 radical (unpaired) electrons. The highest BCUT2D eigenvalue weighted by atomic mass is 32.2. The molecule has 0 amide bonds. The Bertz CT molecular complexity index is 1170. The summed E-state index contributed by atoms with van der Waals surface area (Å²) in [5.74, 6) is -0.988. The molecule has 2 N–H and O–H groups in total. The Morgan fingerprint density at radius 1 is 1.39 bits per heavy atom. The number of benzene rings is 1. The third-order valence-corrected chi connectivity index (χ3v) is 7.68. The number of carbonyl (C=O) groups is 1. The molecule has 0 spiro atoms. The summed E-state index contributed by atoms with van der Waals surface area (Å²) in [6, 6.07) is 4.06. The molecule has 3 heterocycles. The van der Waals surface area contributed by atoms with Crippen LogP contribution in [0.3, 0.4) is 0 Å². The predicted octanol–water partition coefficient (Wildman–Crippen LogP) is 0.234. The SMILES string of the molecule is COc1cnc(C(=O)Cc2ccc(F)c([C@@]34COC[C@@H]3S(=O)(=O)N(C)C(N)=N4)c2)cn1. The fourth-order valence-electron chi connectivity index (χ4n) is 3.75. The molecular weight excluding hydrogens is 429 g/mol. The van der Waals surface area contributed by atoms with Gasteiger partial charge >= 0.3 is 0 Å². The number of nitrogens with two attached hydrogens (primary N) is 1. The molecule has 2 aliphatic rings. The zero-order valence-corrected chi connectivity index (χ0v) is 17.6. The molecule has 10 nitrogen and oxygen atoms in total. The molecule has 0 bridgehead atoms. The molecule has 2 atom stereocenters. The standard InChI is InChI=1S/C19H20FN5O5S/c1-25-18(21)24-19(10-30-9-16(19)31(25,27)28)12-5-11(3-4-13(12)20)6-15(26)14-7-23-17(29-2)8-22-14/h3-5,7-8,16H,6,9-10H2,1-2H3,(H2,21,24)/t16-,19-/m0/s1. The summed E-state index contributed by atoms with van der Waals surface area (Å²) >= 11 is 0. The number of methoxy groups -OCH3 is 1. The number of carbonyl (C=O) groups excluding carboxylic acids is 1. The topological polar surface area (TPSA) is 137 Å². The number of Topliss-reactive ketones (excluding diaryl/α,β-unsaturated/α-hetero) is 1. The molecule has 1 aromatic carbocycles. The lowest BCUT2D eigenvalue weighted by atomic mass is 9.87. The Hall–Kier alpha value is -3.12. The normalized spacial score (nSPS) is 24.4. The molecule has 2 aromatic rings. The van der Waals surface area contributed by atoms with Crippen LogP contribution in [0.25, 0.3) is 0 Å². The lowest BCUT2D eigenvalue weighted by Gasteiger charge is -2.38. The predicted molar refractivity (Wildman–Crippen MR) is 108 cm³/mol. The van der Waals surface area contributed by atoms with Crippen molar-refractivity contribution in [1.82, 2.24) is 14.3 Å². The molecule has 0 aliphatic carbocycles. The number of guanidine groups is 1. The van der Waals surface area contributed by atoms with Gasteiger partial charge in [-0.05, 0) is 17.7 Å². The van der Waals surface area contributed by atoms with Gasteiger partial charge in [-0.3, -0.25) is 4.79 Å². The number of halogens is 1. The summed E-state index contributed by atoms with van der Waals surface area (Å²) in [6.45, 7) is -0.294. The number of sulfonamides is 1. The highest BCUT2D eigenvalue weighted by Gasteiger charge is 2.58. The number of ether oxygens (including phenoxy) is 2. The van der Waals surface area contributed by atoms with Gasteiger partial charge in [0.2, 0.25) is 21.9 Å². The van der Waals surface area contributed by atoms with Crippen molar-refractivity contribution in [2.24, 2.45) is 10.7 Å². The fraction of sp³-hybridized carbons (Fsp3) is 0.368. The van der Waals surface area contributed by atoms with Gasteiger partial charge in [-0.1, -0.05) is 6.07 Å². The maximum Gasteiger partial charge on any atom is 0.245 e. The van der Waals surface area contributed by atoms with Crippen molar-refractivity contribution in [2.45, 2.75) is 17.2 Å². The summed E-state index contributed by atoms with van der Waals surface area (Å²) in [6.07, 6.45) is 2.52. The monoisotopic (exact) mass is 449 g/mol. The summed E-state index contributed by atoms with van der Waals surface area (Å²) in [7, 11) is -1.18. The van der Waals surface area contributed by atoms with Crippen molar-refractivity contribution >= 4 is 21.8 Å². The molecular formula is C19H20FN5O5S. The van der Waals surface area contributed by atoms with Crippen LogP contribution in [-0.2, 0) is 26.7 Å². The van der Waals surface area contributed by atoms with E-state index < -0.39 is 26.6 Å². The van der Waals surface area contributed by atoms with Gasteiger partial charge in [0.25, 0.3) is 0 Å². The lowest BCUT2D eigenvalue weighted by molar-refractivity contribution is 0.0987. The number of rotatable bonds is 5. The molecule has 4 rings (SSSR count). The molecule has 2 aliphatic heterocycles. The van der Waals surface area contributed by atoms with Gasteiger partial charge in [-0.2, -0.15) is 0 Å². The first-order chi connectivity index (χ1) is 14.7. The first kappa shape index (κ1) is 21.1. The van der Waals surface area contributed by atoms with Crippen LogP contribution >= 0.6 is 0 Å². The van der Waals surface area contributed by atoms with E-state index in [0.717, 1.165) is 4.31 Å². The molecule has 12 heteroatoms. The lowest BCUT2D eigenvalue weighted by Crippen LogP contribution is -2.57. The van der Waals surface area contributed by atoms with Gasteiger partial charge in [0.05, 0.1) is 32.7 Å². The van der Waals surface area contributed by atoms with Crippen molar-refractivity contribution in [1.29, 1.82) is 0 Å². The van der Waals surface area contributed by atoms with E-state index in [-0.39, 0.29) is 48.5 Å². The summed E-state index contributed by atoms with van der Waals surface area (Å²) in [4.78, 5) is 24.9. The Morgan fingerprint density at radius 2 is 2.16 bits per heavy atom. The van der Waals surface area contributed by atoms with E-state index in [0.29, 0.717) is 5.56 Å². The number of hydrogen-bond donors (Lipinski definition) is 1. The quantitative estimate of drug-likeness (QED) is 0.641. The number of aliphatic imine (C=N–C) groups is 1. The van der Waals surface area contributed by atoms with Gasteiger partial charge in [-0.15, -0.1) is 0 Å². The van der Waals surface area contributed by atoms with Crippen molar-refractivity contribution in [3.8, 4) is 5.88 Å². The first-order valence-electron chi connectivity index (χ1n) is 9.28. The van der Waals surface area contributed by atoms with E-state index in [1.165, 1.54) is 44.8 Å². The van der Waals surface area contributed by atoms with Crippen LogP contribution in [-0.4, -0.2) is 67.1 Å². The van der Waals surface area contributed by atoms with Crippen LogP contribution in [0.15, 0.2) is 35.6 Å². The molecule has 164 valence electrons. The van der Waals surface area contributed by atoms with E-state index in [4.69, 9.17) is 15.2 Å². The molecule has 1 saturated heterocycles. The van der Waals surface area contributed by atoms with Gasteiger partial charge in [0.15, 0.2) is 5.78 Å². The minimum atomic E-state index is -3.91. The van der Waals surface area contributed by atoms with Gasteiger partial charge < -0.3 is 15.2 Å². The molecule has 0 unspecified atom stereocenters. The summed E-state index contributed by atoms with van der Waals surface area (Å²) in [5.41, 5.74) is 4.91. The summed E-state index contributed by atoms with van der Waals surface area (Å²) < 4.78 is 51.9. The number of aromatic nitrogens is 2. The van der Waals surface area contributed by atoms with Gasteiger partial charge in [0, 0.05) is 19.0 Å².